The first kappa shape index (κ1) is 48.8. The second-order valence-electron chi connectivity index (χ2n) is 21.7. The maximum absolute atomic E-state index is 9.62. The molecule has 5 heterocycles. The molecule has 12 aromatic carbocycles. The average Bonchev–Trinajstić information content (AvgIpc) is 1.66. The predicted molar refractivity (Wildman–Crippen MR) is 346 cm³/mol. The second-order valence-corrected chi connectivity index (χ2v) is 22.1. The van der Waals surface area contributed by atoms with Crippen molar-refractivity contribution in [2.45, 2.75) is 27.7 Å². The molecule has 17 rings (SSSR count). The maximum Gasteiger partial charge on any atom is 0.136 e. The van der Waals surface area contributed by atoms with Crippen LogP contribution in [-0.4, -0.2) is 29.0 Å². The van der Waals surface area contributed by atoms with E-state index in [9.17, 15) is 4.79 Å². The lowest BCUT2D eigenvalue weighted by atomic mass is 10.00. The molecule has 400 valence electrons. The van der Waals surface area contributed by atoms with Gasteiger partial charge < -0.3 is 32.1 Å². The molecule has 8 heteroatoms. The standard InChI is InChI=1S/C36H24ClNO2.C36H23NO2.C3H6O/c1-21-8-12-27-28-19-25-17-26(11-9-24(25)20-34(28)40-33(27)16-21)38-31-14-10-23(22-6-4-3-5-7-22)18-29(31)35-32(39-2)15-13-30(37)36(35)38;1-20-8-10-25-28-17-23-18-31-27(16-24(23)19-34(28)39-33(25)14-20)26-11-13-32(38-2)35-29-15-22(21-6-4-3-5-7-21)9-12-30(29)37(31)36(26)35;1-3(2)4/h3-20H,1-2H3;3-19H,1-2H3;1-2H3/i;;1D. The van der Waals surface area contributed by atoms with Gasteiger partial charge in [0.2, 0.25) is 0 Å². The summed E-state index contributed by atoms with van der Waals surface area (Å²) in [4.78, 5) is 9.62. The van der Waals surface area contributed by atoms with Crippen LogP contribution in [0.15, 0.2) is 221 Å². The molecule has 5 aromatic heterocycles. The summed E-state index contributed by atoms with van der Waals surface area (Å²) < 4.78 is 35.3. The van der Waals surface area contributed by atoms with Gasteiger partial charge in [-0.1, -0.05) is 115 Å². The van der Waals surface area contributed by atoms with Gasteiger partial charge in [0.05, 0.1) is 57.6 Å². The fourth-order valence-corrected chi connectivity index (χ4v) is 13.0. The number of nitrogens with zero attached hydrogens (tertiary/aromatic N) is 2. The third-order valence-corrected chi connectivity index (χ3v) is 16.7. The van der Waals surface area contributed by atoms with Crippen molar-refractivity contribution in [3.05, 3.63) is 228 Å². The summed E-state index contributed by atoms with van der Waals surface area (Å²) >= 11 is 6.94. The van der Waals surface area contributed by atoms with Crippen LogP contribution in [0.2, 0.25) is 5.02 Å². The molecular weight excluding hydrogens is 1040 g/mol. The third kappa shape index (κ3) is 8.06. The monoisotopic (exact) mass is 1100 g/mol. The Hall–Kier alpha value is -10.1. The SMILES string of the molecule is COc1ccc(Cl)c2c1c1cc(-c3ccccc3)ccc1n2-c1ccc2cc3oc4cc(C)ccc4c3cc2c1.COc1ccc2c3cc4cc5oc6cc(C)ccc6c5cc4cc3n3c4ccc(-c5ccccc5)cc4c1c23.[2H]CC(C)=O. The first-order valence-corrected chi connectivity index (χ1v) is 28.1. The summed E-state index contributed by atoms with van der Waals surface area (Å²) in [6.07, 6.45) is 0. The van der Waals surface area contributed by atoms with E-state index in [0.29, 0.717) is 5.02 Å². The number of Topliss-reactive ketones (excluding diaryl/α,β-unsaturated/α-hetero) is 1. The molecule has 0 aliphatic carbocycles. The van der Waals surface area contributed by atoms with Crippen molar-refractivity contribution >= 4 is 143 Å². The van der Waals surface area contributed by atoms with Crippen LogP contribution in [-0.2, 0) is 4.79 Å². The van der Waals surface area contributed by atoms with E-state index in [1.165, 1.54) is 78.2 Å². The number of halogens is 1. The van der Waals surface area contributed by atoms with Crippen molar-refractivity contribution in [1.82, 2.24) is 8.97 Å². The number of fused-ring (bicyclic) bond motifs is 17. The van der Waals surface area contributed by atoms with Crippen LogP contribution in [0.3, 0.4) is 0 Å². The molecule has 0 radical (unpaired) electrons. The molecular formula is C75H53ClN2O5. The molecule has 0 amide bonds. The lowest BCUT2D eigenvalue weighted by Gasteiger charge is -2.11. The summed E-state index contributed by atoms with van der Waals surface area (Å²) in [5.74, 6) is 1.63. The number of carbonyl (C=O) groups is 1. The highest BCUT2D eigenvalue weighted by atomic mass is 35.5. The fraction of sp³-hybridized carbons (Fsp3) is 0.0800. The van der Waals surface area contributed by atoms with Gasteiger partial charge in [0.1, 0.15) is 39.6 Å². The largest absolute Gasteiger partial charge is 0.496 e. The fourth-order valence-electron chi connectivity index (χ4n) is 12.7. The highest BCUT2D eigenvalue weighted by Crippen LogP contribution is 2.47. The number of furan rings is 2. The Labute approximate surface area is 483 Å². The highest BCUT2D eigenvalue weighted by molar-refractivity contribution is 6.37. The minimum Gasteiger partial charge on any atom is -0.496 e. The molecule has 0 unspecified atom stereocenters. The number of rotatable bonds is 5. The van der Waals surface area contributed by atoms with Crippen LogP contribution < -0.4 is 9.47 Å². The van der Waals surface area contributed by atoms with Gasteiger partial charge in [-0.2, -0.15) is 0 Å². The van der Waals surface area contributed by atoms with Crippen LogP contribution in [0.5, 0.6) is 11.5 Å². The Morgan fingerprint density at radius 3 is 1.54 bits per heavy atom. The average molecular weight is 1100 g/mol. The van der Waals surface area contributed by atoms with Crippen molar-refractivity contribution in [3.63, 3.8) is 0 Å². The smallest absolute Gasteiger partial charge is 0.136 e. The van der Waals surface area contributed by atoms with E-state index in [1.807, 2.05) is 18.2 Å². The second kappa shape index (κ2) is 19.3. The maximum atomic E-state index is 9.62. The van der Waals surface area contributed by atoms with E-state index in [1.54, 1.807) is 14.2 Å². The Bertz CT molecular complexity index is 5520. The molecule has 0 atom stereocenters. The predicted octanol–water partition coefficient (Wildman–Crippen LogP) is 20.9. The highest BCUT2D eigenvalue weighted by Gasteiger charge is 2.23. The topological polar surface area (TPSA) is 71.2 Å². The summed E-state index contributed by atoms with van der Waals surface area (Å²) in [7, 11) is 3.48. The van der Waals surface area contributed by atoms with Gasteiger partial charge in [-0.05, 0) is 192 Å². The number of hydrogen-bond donors (Lipinski definition) is 0. The van der Waals surface area contributed by atoms with Crippen molar-refractivity contribution in [2.24, 2.45) is 0 Å². The minimum absolute atomic E-state index is 0.0787. The normalized spacial score (nSPS) is 12.0. The Balaban J connectivity index is 0.000000132. The number of methoxy groups -OCH3 is 2. The van der Waals surface area contributed by atoms with Gasteiger partial charge in [-0.3, -0.25) is 0 Å². The van der Waals surface area contributed by atoms with E-state index in [-0.39, 0.29) is 12.7 Å². The quantitative estimate of drug-likeness (QED) is 0.172. The molecule has 83 heavy (non-hydrogen) atoms. The minimum atomic E-state index is -0.0833. The number of hydrogen-bond acceptors (Lipinski definition) is 5. The molecule has 0 saturated heterocycles. The van der Waals surface area contributed by atoms with E-state index in [2.05, 4.69) is 217 Å². The number of benzene rings is 12. The number of ether oxygens (including phenoxy) is 2. The van der Waals surface area contributed by atoms with Crippen LogP contribution in [0.4, 0.5) is 0 Å². The third-order valence-electron chi connectivity index (χ3n) is 16.4. The number of aryl methyl sites for hydroxylation is 2. The van der Waals surface area contributed by atoms with Gasteiger partial charge in [0, 0.05) is 50.1 Å². The molecule has 0 spiro atoms. The molecule has 0 N–H and O–H groups in total. The van der Waals surface area contributed by atoms with E-state index in [0.717, 1.165) is 105 Å². The van der Waals surface area contributed by atoms with Crippen LogP contribution in [0, 0.1) is 13.8 Å². The van der Waals surface area contributed by atoms with Crippen LogP contribution >= 0.6 is 11.6 Å². The zero-order valence-electron chi connectivity index (χ0n) is 47.2. The number of aromatic nitrogens is 2. The van der Waals surface area contributed by atoms with E-state index >= 15 is 0 Å². The van der Waals surface area contributed by atoms with Crippen LogP contribution in [0.1, 0.15) is 26.3 Å². The van der Waals surface area contributed by atoms with Crippen molar-refractivity contribution in [3.8, 4) is 39.4 Å². The molecule has 0 aliphatic rings. The van der Waals surface area contributed by atoms with Crippen molar-refractivity contribution in [2.75, 3.05) is 14.2 Å². The number of ketones is 1. The summed E-state index contributed by atoms with van der Waals surface area (Å²) in [6, 6.07) is 75.5. The molecule has 17 aromatic rings. The first-order chi connectivity index (χ1) is 41.0. The summed E-state index contributed by atoms with van der Waals surface area (Å²) in [5, 5.41) is 16.9. The van der Waals surface area contributed by atoms with Gasteiger partial charge in [0.15, 0.2) is 0 Å². The van der Waals surface area contributed by atoms with E-state index < -0.39 is 0 Å². The lowest BCUT2D eigenvalue weighted by molar-refractivity contribution is -0.115. The molecule has 0 aliphatic heterocycles. The summed E-state index contributed by atoms with van der Waals surface area (Å²) in [5.41, 5.74) is 17.5. The summed E-state index contributed by atoms with van der Waals surface area (Å²) in [6.45, 7) is 5.50. The van der Waals surface area contributed by atoms with Crippen molar-refractivity contribution in [1.29, 1.82) is 0 Å². The van der Waals surface area contributed by atoms with E-state index in [4.69, 9.17) is 31.3 Å². The molecule has 0 fully saturated rings. The Morgan fingerprint density at radius 1 is 0.434 bits per heavy atom. The molecule has 0 bridgehead atoms. The van der Waals surface area contributed by atoms with Gasteiger partial charge in [-0.25, -0.2) is 0 Å². The first-order valence-electron chi connectivity index (χ1n) is 28.4. The van der Waals surface area contributed by atoms with Gasteiger partial charge >= 0.3 is 0 Å². The number of carbonyl (C=O) groups excluding carboxylic acids is 1. The lowest BCUT2D eigenvalue weighted by Crippen LogP contribution is -1.95. The zero-order chi connectivity index (χ0) is 57.1. The van der Waals surface area contributed by atoms with Crippen LogP contribution in [0.25, 0.3) is 153 Å². The Morgan fingerprint density at radius 2 is 0.940 bits per heavy atom. The molecule has 0 saturated carbocycles. The van der Waals surface area contributed by atoms with Gasteiger partial charge in [0.25, 0.3) is 0 Å². The molecule has 7 nitrogen and oxygen atoms in total. The zero-order valence-corrected chi connectivity index (χ0v) is 47.0. The van der Waals surface area contributed by atoms with Gasteiger partial charge in [-0.15, -0.1) is 0 Å². The Kier molecular flexibility index (Phi) is 11.3. The van der Waals surface area contributed by atoms with Crippen molar-refractivity contribution < 1.29 is 24.5 Å².